The highest BCUT2D eigenvalue weighted by atomic mass is 79.9. The molecule has 0 unspecified atom stereocenters. The van der Waals surface area contributed by atoms with E-state index in [1.165, 1.54) is 6.07 Å². The maximum atomic E-state index is 11.7. The van der Waals surface area contributed by atoms with E-state index >= 15 is 0 Å². The average Bonchev–Trinajstić information content (AvgIpc) is 2.24. The van der Waals surface area contributed by atoms with E-state index in [9.17, 15) is 18.0 Å². The summed E-state index contributed by atoms with van der Waals surface area (Å²) in [5.74, 6) is 0.263. The summed E-state index contributed by atoms with van der Waals surface area (Å²) in [4.78, 5) is 10.8. The van der Waals surface area contributed by atoms with Crippen molar-refractivity contribution in [3.05, 3.63) is 27.7 Å². The minimum Gasteiger partial charge on any atom is -0.490 e. The van der Waals surface area contributed by atoms with Gasteiger partial charge in [-0.3, -0.25) is 9.53 Å². The molecule has 1 rings (SSSR count). The van der Waals surface area contributed by atoms with Crippen LogP contribution in [0.2, 0.25) is 0 Å². The van der Waals surface area contributed by atoms with Gasteiger partial charge in [-0.05, 0) is 24.6 Å². The van der Waals surface area contributed by atoms with Gasteiger partial charge in [0.25, 0.3) is 0 Å². The number of ether oxygens (including phenoxy) is 2. The van der Waals surface area contributed by atoms with E-state index < -0.39 is 13.0 Å². The Morgan fingerprint density at radius 1 is 1.33 bits per heavy atom. The highest BCUT2D eigenvalue weighted by molar-refractivity contribution is 9.10. The third-order valence-electron chi connectivity index (χ3n) is 1.99. The third kappa shape index (κ3) is 4.66. The number of aldehydes is 1. The number of rotatable bonds is 5. The normalized spacial score (nSPS) is 11.4. The summed E-state index contributed by atoms with van der Waals surface area (Å²) >= 11 is 3.21. The van der Waals surface area contributed by atoms with Crippen molar-refractivity contribution in [2.24, 2.45) is 0 Å². The fraction of sp³-hybridized carbons (Fsp3) is 0.364. The van der Waals surface area contributed by atoms with Crippen LogP contribution in [0.3, 0.4) is 0 Å². The number of halogens is 4. The molecule has 0 bridgehead atoms. The molecule has 7 heteroatoms. The van der Waals surface area contributed by atoms with Gasteiger partial charge in [0.15, 0.2) is 6.29 Å². The van der Waals surface area contributed by atoms with E-state index in [1.807, 2.05) is 0 Å². The van der Waals surface area contributed by atoms with Crippen LogP contribution in [-0.4, -0.2) is 25.9 Å². The van der Waals surface area contributed by atoms with Gasteiger partial charge in [-0.1, -0.05) is 15.9 Å². The van der Waals surface area contributed by atoms with Gasteiger partial charge in [0, 0.05) is 4.47 Å². The van der Waals surface area contributed by atoms with Gasteiger partial charge in [-0.2, -0.15) is 0 Å². The largest absolute Gasteiger partial charge is 0.522 e. The van der Waals surface area contributed by atoms with E-state index in [4.69, 9.17) is 4.74 Å². The number of hydrogen-bond donors (Lipinski definition) is 0. The lowest BCUT2D eigenvalue weighted by Gasteiger charge is -2.12. The summed E-state index contributed by atoms with van der Waals surface area (Å²) in [5.41, 5.74) is 0.923. The van der Waals surface area contributed by atoms with Crippen molar-refractivity contribution in [1.29, 1.82) is 0 Å². The quantitative estimate of drug-likeness (QED) is 0.613. The summed E-state index contributed by atoms with van der Waals surface area (Å²) in [6.07, 6.45) is -4.09. The predicted molar refractivity (Wildman–Crippen MR) is 61.8 cm³/mol. The minimum absolute atomic E-state index is 0.263. The number of benzene rings is 1. The van der Waals surface area contributed by atoms with E-state index in [0.717, 1.165) is 0 Å². The fourth-order valence-corrected chi connectivity index (χ4v) is 1.93. The Kier molecular flexibility index (Phi) is 5.15. The molecule has 1 aromatic carbocycles. The van der Waals surface area contributed by atoms with Gasteiger partial charge < -0.3 is 4.74 Å². The molecular weight excluding hydrogens is 317 g/mol. The second-order valence-corrected chi connectivity index (χ2v) is 4.32. The maximum Gasteiger partial charge on any atom is 0.522 e. The molecule has 0 saturated carbocycles. The number of alkyl halides is 3. The number of carbonyl (C=O) groups is 1. The van der Waals surface area contributed by atoms with Gasteiger partial charge in [-0.15, -0.1) is 13.2 Å². The lowest BCUT2D eigenvalue weighted by atomic mass is 10.1. The Balaban J connectivity index is 2.65. The Labute approximate surface area is 110 Å². The first-order chi connectivity index (χ1) is 8.33. The second-order valence-electron chi connectivity index (χ2n) is 3.40. The van der Waals surface area contributed by atoms with Crippen LogP contribution in [0, 0.1) is 6.92 Å². The molecular formula is C11H10BrF3O3. The van der Waals surface area contributed by atoms with Gasteiger partial charge in [0.1, 0.15) is 12.4 Å². The third-order valence-corrected chi connectivity index (χ3v) is 2.45. The molecule has 3 nitrogen and oxygen atoms in total. The Bertz CT molecular complexity index is 432. The topological polar surface area (TPSA) is 35.5 Å². The minimum atomic E-state index is -4.67. The van der Waals surface area contributed by atoms with Crippen molar-refractivity contribution in [2.75, 3.05) is 13.2 Å². The molecule has 0 fully saturated rings. The van der Waals surface area contributed by atoms with Crippen molar-refractivity contribution < 1.29 is 27.4 Å². The molecule has 0 saturated heterocycles. The van der Waals surface area contributed by atoms with Crippen LogP contribution in [0.4, 0.5) is 13.2 Å². The van der Waals surface area contributed by atoms with Crippen LogP contribution < -0.4 is 4.74 Å². The first kappa shape index (κ1) is 15.0. The predicted octanol–water partition coefficient (Wildman–Crippen LogP) is 3.49. The monoisotopic (exact) mass is 326 g/mol. The Morgan fingerprint density at radius 3 is 2.56 bits per heavy atom. The lowest BCUT2D eigenvalue weighted by molar-refractivity contribution is -0.325. The van der Waals surface area contributed by atoms with Crippen molar-refractivity contribution >= 4 is 22.2 Å². The summed E-state index contributed by atoms with van der Waals surface area (Å²) in [7, 11) is 0. The zero-order valence-electron chi connectivity index (χ0n) is 9.38. The zero-order valence-corrected chi connectivity index (χ0v) is 11.0. The summed E-state index contributed by atoms with van der Waals surface area (Å²) in [6.45, 7) is 0.776. The van der Waals surface area contributed by atoms with E-state index in [2.05, 4.69) is 20.7 Å². The van der Waals surface area contributed by atoms with E-state index in [-0.39, 0.29) is 17.9 Å². The molecule has 0 N–H and O–H groups in total. The first-order valence-electron chi connectivity index (χ1n) is 4.92. The van der Waals surface area contributed by atoms with Gasteiger partial charge in [0.2, 0.25) is 0 Å². The fourth-order valence-electron chi connectivity index (χ4n) is 1.34. The van der Waals surface area contributed by atoms with Crippen LogP contribution in [0.5, 0.6) is 5.75 Å². The smallest absolute Gasteiger partial charge is 0.490 e. The Morgan fingerprint density at radius 2 is 2.00 bits per heavy atom. The van der Waals surface area contributed by atoms with Crippen LogP contribution in [0.15, 0.2) is 16.6 Å². The highest BCUT2D eigenvalue weighted by Crippen LogP contribution is 2.27. The van der Waals surface area contributed by atoms with Gasteiger partial charge in [-0.25, -0.2) is 0 Å². The first-order valence-corrected chi connectivity index (χ1v) is 5.71. The van der Waals surface area contributed by atoms with Gasteiger partial charge in [0.05, 0.1) is 12.2 Å². The van der Waals surface area contributed by atoms with E-state index in [1.54, 1.807) is 13.0 Å². The lowest BCUT2D eigenvalue weighted by Crippen LogP contribution is -2.18. The molecule has 0 spiro atoms. The maximum absolute atomic E-state index is 11.7. The summed E-state index contributed by atoms with van der Waals surface area (Å²) in [6, 6.07) is 3.23. The molecule has 100 valence electrons. The van der Waals surface area contributed by atoms with Crippen LogP contribution in [-0.2, 0) is 4.74 Å². The number of carbonyl (C=O) groups excluding carboxylic acids is 1. The van der Waals surface area contributed by atoms with Crippen molar-refractivity contribution in [3.8, 4) is 5.75 Å². The Hall–Kier alpha value is -1.08. The molecule has 1 aromatic rings. The molecule has 0 aliphatic rings. The van der Waals surface area contributed by atoms with Crippen molar-refractivity contribution in [3.63, 3.8) is 0 Å². The molecule has 0 aliphatic heterocycles. The number of aryl methyl sites for hydroxylation is 1. The van der Waals surface area contributed by atoms with Gasteiger partial charge >= 0.3 is 6.36 Å². The summed E-state index contributed by atoms with van der Waals surface area (Å²) < 4.78 is 44.5. The molecule has 0 radical (unpaired) electrons. The van der Waals surface area contributed by atoms with E-state index in [0.29, 0.717) is 16.3 Å². The zero-order chi connectivity index (χ0) is 13.8. The average molecular weight is 327 g/mol. The second kappa shape index (κ2) is 6.19. The molecule has 0 aromatic heterocycles. The molecule has 0 atom stereocenters. The summed E-state index contributed by atoms with van der Waals surface area (Å²) in [5, 5.41) is 0. The SMILES string of the molecule is Cc1cc(Br)cc(C=O)c1OCCOC(F)(F)F. The highest BCUT2D eigenvalue weighted by Gasteiger charge is 2.28. The molecule has 0 amide bonds. The van der Waals surface area contributed by atoms with Crippen LogP contribution in [0.25, 0.3) is 0 Å². The molecule has 0 aliphatic carbocycles. The van der Waals surface area contributed by atoms with Crippen LogP contribution >= 0.6 is 15.9 Å². The van der Waals surface area contributed by atoms with Crippen molar-refractivity contribution in [2.45, 2.75) is 13.3 Å². The standard InChI is InChI=1S/C11H10BrF3O3/c1-7-4-9(12)5-8(6-16)10(7)17-2-3-18-11(13,14)15/h4-6H,2-3H2,1H3. The molecule has 0 heterocycles. The van der Waals surface area contributed by atoms with Crippen LogP contribution in [0.1, 0.15) is 15.9 Å². The molecule has 18 heavy (non-hydrogen) atoms. The number of hydrogen-bond acceptors (Lipinski definition) is 3. The van der Waals surface area contributed by atoms with Crippen molar-refractivity contribution in [1.82, 2.24) is 0 Å².